The number of benzene rings is 2. The molecule has 2 aliphatic heterocycles. The van der Waals surface area contributed by atoms with Gasteiger partial charge in [-0.1, -0.05) is 17.7 Å². The molecule has 1 N–H and O–H groups in total. The second kappa shape index (κ2) is 9.27. The average Bonchev–Trinajstić information content (AvgIpc) is 2.77. The lowest BCUT2D eigenvalue weighted by atomic mass is 9.87. The van der Waals surface area contributed by atoms with E-state index in [1.165, 1.54) is 42.5 Å². The van der Waals surface area contributed by atoms with Gasteiger partial charge in [0.25, 0.3) is 0 Å². The summed E-state index contributed by atoms with van der Waals surface area (Å²) >= 11 is 6.25. The molecule has 0 aliphatic carbocycles. The molecule has 1 atom stereocenters. The molecule has 1 saturated heterocycles. The van der Waals surface area contributed by atoms with Gasteiger partial charge >= 0.3 is 0 Å². The Bertz CT molecular complexity index is 834. The molecule has 0 aromatic heterocycles. The number of piperidine rings is 1. The van der Waals surface area contributed by atoms with Crippen molar-refractivity contribution in [3.8, 4) is 11.5 Å². The predicted octanol–water partition coefficient (Wildman–Crippen LogP) is 5.53. The standard InChI is InChI=1S/C24H31ClN2O2/c1-28-23-6-3-19(15-24(23)29-2)17-8-12-27(13-9-17)14-10-18-7-11-26-22-5-4-20(25)16-21(18)22/h3-6,15-18,26H,7-14H2,1-2H3. The second-order valence-corrected chi connectivity index (χ2v) is 8.60. The van der Waals surface area contributed by atoms with Crippen LogP contribution in [0.1, 0.15) is 48.6 Å². The minimum atomic E-state index is 0.601. The van der Waals surface area contributed by atoms with Crippen LogP contribution in [-0.4, -0.2) is 45.3 Å². The fraction of sp³-hybridized carbons (Fsp3) is 0.500. The molecule has 0 amide bonds. The Labute approximate surface area is 179 Å². The number of anilines is 1. The number of methoxy groups -OCH3 is 2. The Kier molecular flexibility index (Phi) is 6.51. The van der Waals surface area contributed by atoms with Crippen LogP contribution in [-0.2, 0) is 0 Å². The lowest BCUT2D eigenvalue weighted by molar-refractivity contribution is 0.204. The molecule has 2 aliphatic rings. The van der Waals surface area contributed by atoms with Gasteiger partial charge in [0.1, 0.15) is 0 Å². The number of rotatable bonds is 6. The summed E-state index contributed by atoms with van der Waals surface area (Å²) < 4.78 is 10.9. The predicted molar refractivity (Wildman–Crippen MR) is 120 cm³/mol. The number of ether oxygens (including phenoxy) is 2. The molecule has 5 heteroatoms. The second-order valence-electron chi connectivity index (χ2n) is 8.16. The number of nitrogens with zero attached hydrogens (tertiary/aromatic N) is 1. The van der Waals surface area contributed by atoms with Gasteiger partial charge in [-0.05, 0) is 98.6 Å². The highest BCUT2D eigenvalue weighted by Crippen LogP contribution is 2.37. The summed E-state index contributed by atoms with van der Waals surface area (Å²) in [6, 6.07) is 12.6. The summed E-state index contributed by atoms with van der Waals surface area (Å²) in [5.74, 6) is 2.84. The maximum atomic E-state index is 6.25. The Balaban J connectivity index is 1.32. The minimum absolute atomic E-state index is 0.601. The van der Waals surface area contributed by atoms with Gasteiger partial charge in [0.05, 0.1) is 14.2 Å². The van der Waals surface area contributed by atoms with Crippen LogP contribution in [0, 0.1) is 0 Å². The first-order chi connectivity index (χ1) is 14.2. The zero-order valence-electron chi connectivity index (χ0n) is 17.4. The summed E-state index contributed by atoms with van der Waals surface area (Å²) in [6.07, 6.45) is 4.79. The quantitative estimate of drug-likeness (QED) is 0.674. The number of halogens is 1. The molecule has 4 rings (SSSR count). The summed E-state index contributed by atoms with van der Waals surface area (Å²) in [4.78, 5) is 2.63. The smallest absolute Gasteiger partial charge is 0.160 e. The number of likely N-dealkylation sites (tertiary alicyclic amines) is 1. The van der Waals surface area contributed by atoms with Gasteiger partial charge in [-0.3, -0.25) is 0 Å². The average molecular weight is 415 g/mol. The third-order valence-electron chi connectivity index (χ3n) is 6.52. The van der Waals surface area contributed by atoms with Crippen LogP contribution < -0.4 is 14.8 Å². The van der Waals surface area contributed by atoms with Crippen molar-refractivity contribution in [3.63, 3.8) is 0 Å². The van der Waals surface area contributed by atoms with Crippen LogP contribution in [0.5, 0.6) is 11.5 Å². The van der Waals surface area contributed by atoms with Gasteiger partial charge in [0.15, 0.2) is 11.5 Å². The van der Waals surface area contributed by atoms with E-state index in [-0.39, 0.29) is 0 Å². The van der Waals surface area contributed by atoms with E-state index in [9.17, 15) is 0 Å². The first-order valence-corrected chi connectivity index (χ1v) is 11.0. The van der Waals surface area contributed by atoms with Gasteiger partial charge in [-0.25, -0.2) is 0 Å². The minimum Gasteiger partial charge on any atom is -0.493 e. The van der Waals surface area contributed by atoms with Gasteiger partial charge < -0.3 is 19.7 Å². The fourth-order valence-electron chi connectivity index (χ4n) is 4.80. The van der Waals surface area contributed by atoms with Crippen LogP contribution >= 0.6 is 11.6 Å². The number of hydrogen-bond acceptors (Lipinski definition) is 4. The van der Waals surface area contributed by atoms with E-state index in [4.69, 9.17) is 21.1 Å². The summed E-state index contributed by atoms with van der Waals surface area (Å²) in [5, 5.41) is 4.35. The van der Waals surface area contributed by atoms with Crippen LogP contribution in [0.2, 0.25) is 5.02 Å². The van der Waals surface area contributed by atoms with Crippen molar-refractivity contribution < 1.29 is 9.47 Å². The van der Waals surface area contributed by atoms with E-state index in [1.54, 1.807) is 14.2 Å². The largest absolute Gasteiger partial charge is 0.493 e. The molecule has 0 bridgehead atoms. The van der Waals surface area contributed by atoms with Gasteiger partial charge in [-0.2, -0.15) is 0 Å². The van der Waals surface area contributed by atoms with E-state index < -0.39 is 0 Å². The van der Waals surface area contributed by atoms with Crippen molar-refractivity contribution in [3.05, 3.63) is 52.5 Å². The lowest BCUT2D eigenvalue weighted by Crippen LogP contribution is -2.34. The third-order valence-corrected chi connectivity index (χ3v) is 6.76. The SMILES string of the molecule is COc1ccc(C2CCN(CCC3CCNc4ccc(Cl)cc43)CC2)cc1OC. The third kappa shape index (κ3) is 4.65. The normalized spacial score (nSPS) is 20.0. The van der Waals surface area contributed by atoms with E-state index in [2.05, 4.69) is 34.5 Å². The molecular formula is C24H31ClN2O2. The molecule has 2 aromatic carbocycles. The molecule has 156 valence electrons. The summed E-state index contributed by atoms with van der Waals surface area (Å²) in [7, 11) is 3.39. The van der Waals surface area contributed by atoms with Crippen molar-refractivity contribution in [2.45, 2.75) is 37.5 Å². The number of hydrogen-bond donors (Lipinski definition) is 1. The van der Waals surface area contributed by atoms with E-state index >= 15 is 0 Å². The van der Waals surface area contributed by atoms with E-state index in [0.717, 1.165) is 42.7 Å². The molecule has 0 radical (unpaired) electrons. The van der Waals surface area contributed by atoms with E-state index in [0.29, 0.717) is 11.8 Å². The first kappa shape index (κ1) is 20.4. The van der Waals surface area contributed by atoms with Crippen LogP contribution in [0.4, 0.5) is 5.69 Å². The van der Waals surface area contributed by atoms with E-state index in [1.807, 2.05) is 12.1 Å². The maximum Gasteiger partial charge on any atom is 0.160 e. The maximum absolute atomic E-state index is 6.25. The number of fused-ring (bicyclic) bond motifs is 1. The van der Waals surface area contributed by atoms with Crippen LogP contribution in [0.3, 0.4) is 0 Å². The zero-order valence-corrected chi connectivity index (χ0v) is 18.2. The summed E-state index contributed by atoms with van der Waals surface area (Å²) in [5.41, 5.74) is 4.02. The van der Waals surface area contributed by atoms with Gasteiger partial charge in [0, 0.05) is 17.3 Å². The van der Waals surface area contributed by atoms with Gasteiger partial charge in [0.2, 0.25) is 0 Å². The van der Waals surface area contributed by atoms with Crippen molar-refractivity contribution >= 4 is 17.3 Å². The molecule has 4 nitrogen and oxygen atoms in total. The molecule has 2 heterocycles. The highest BCUT2D eigenvalue weighted by Gasteiger charge is 2.24. The van der Waals surface area contributed by atoms with Crippen molar-refractivity contribution in [2.24, 2.45) is 0 Å². The molecular weight excluding hydrogens is 384 g/mol. The molecule has 29 heavy (non-hydrogen) atoms. The first-order valence-electron chi connectivity index (χ1n) is 10.7. The Morgan fingerprint density at radius 2 is 1.79 bits per heavy atom. The van der Waals surface area contributed by atoms with Crippen molar-refractivity contribution in [1.29, 1.82) is 0 Å². The lowest BCUT2D eigenvalue weighted by Gasteiger charge is -2.34. The molecule has 1 unspecified atom stereocenters. The highest BCUT2D eigenvalue weighted by atomic mass is 35.5. The summed E-state index contributed by atoms with van der Waals surface area (Å²) in [6.45, 7) is 4.54. The number of nitrogens with one attached hydrogen (secondary N) is 1. The fourth-order valence-corrected chi connectivity index (χ4v) is 4.98. The van der Waals surface area contributed by atoms with Crippen LogP contribution in [0.25, 0.3) is 0 Å². The zero-order chi connectivity index (χ0) is 20.2. The van der Waals surface area contributed by atoms with Crippen molar-refractivity contribution in [1.82, 2.24) is 4.90 Å². The molecule has 0 saturated carbocycles. The van der Waals surface area contributed by atoms with Crippen LogP contribution in [0.15, 0.2) is 36.4 Å². The van der Waals surface area contributed by atoms with Gasteiger partial charge in [-0.15, -0.1) is 0 Å². The topological polar surface area (TPSA) is 33.7 Å². The monoisotopic (exact) mass is 414 g/mol. The van der Waals surface area contributed by atoms with Crippen molar-refractivity contribution in [2.75, 3.05) is 45.7 Å². The molecule has 1 fully saturated rings. The Morgan fingerprint density at radius 1 is 1.00 bits per heavy atom. The molecule has 2 aromatic rings. The molecule has 0 spiro atoms. The Morgan fingerprint density at radius 3 is 2.55 bits per heavy atom. The highest BCUT2D eigenvalue weighted by molar-refractivity contribution is 6.30. The Hall–Kier alpha value is -1.91.